The van der Waals surface area contributed by atoms with Gasteiger partial charge in [-0.1, -0.05) is 16.1 Å². The summed E-state index contributed by atoms with van der Waals surface area (Å²) in [6.07, 6.45) is 0.435. The van der Waals surface area contributed by atoms with Gasteiger partial charge in [-0.3, -0.25) is 9.69 Å². The van der Waals surface area contributed by atoms with Gasteiger partial charge < -0.3 is 5.11 Å². The van der Waals surface area contributed by atoms with E-state index in [1.807, 2.05) is 0 Å². The van der Waals surface area contributed by atoms with Gasteiger partial charge in [0.05, 0.1) is 18.1 Å². The molecule has 2 rings (SSSR count). The molecule has 0 spiro atoms. The second-order valence-corrected chi connectivity index (χ2v) is 7.93. The van der Waals surface area contributed by atoms with Crippen LogP contribution in [-0.2, 0) is 21.2 Å². The third kappa shape index (κ3) is 3.85. The number of hydrogen-bond acceptors (Lipinski definition) is 7. The van der Waals surface area contributed by atoms with Gasteiger partial charge in [0.15, 0.2) is 9.84 Å². The summed E-state index contributed by atoms with van der Waals surface area (Å²) in [5.41, 5.74) is 0.484. The highest BCUT2D eigenvalue weighted by molar-refractivity contribution is 7.91. The first kappa shape index (κ1) is 14.6. The Kier molecular flexibility index (Phi) is 4.39. The second-order valence-electron chi connectivity index (χ2n) is 4.35. The summed E-state index contributed by atoms with van der Waals surface area (Å²) < 4.78 is 27.0. The molecule has 1 aliphatic rings. The maximum Gasteiger partial charge on any atom is 0.317 e. The standard InChI is InChI=1S/C9H12ClN3O4S2/c10-9-7(11-12-18-9)3-13(4-8(14)15)6-1-2-19(16,17)5-6/h6H,1-5H2,(H,14,15). The Morgan fingerprint density at radius 3 is 2.79 bits per heavy atom. The molecule has 2 heterocycles. The van der Waals surface area contributed by atoms with Crippen molar-refractivity contribution in [1.82, 2.24) is 14.5 Å². The van der Waals surface area contributed by atoms with E-state index in [-0.39, 0.29) is 30.6 Å². The van der Waals surface area contributed by atoms with Crippen molar-refractivity contribution >= 4 is 38.9 Å². The van der Waals surface area contributed by atoms with E-state index in [1.54, 1.807) is 4.90 Å². The molecular formula is C9H12ClN3O4S2. The van der Waals surface area contributed by atoms with Crippen LogP contribution in [0.2, 0.25) is 4.34 Å². The fourth-order valence-electron chi connectivity index (χ4n) is 2.03. The van der Waals surface area contributed by atoms with Crippen molar-refractivity contribution < 1.29 is 18.3 Å². The number of carbonyl (C=O) groups is 1. The maximum atomic E-state index is 11.5. The van der Waals surface area contributed by atoms with E-state index in [0.29, 0.717) is 16.5 Å². The molecule has 0 bridgehead atoms. The fourth-order valence-corrected chi connectivity index (χ4v) is 4.41. The van der Waals surface area contributed by atoms with Crippen molar-refractivity contribution in [1.29, 1.82) is 0 Å². The average molecular weight is 326 g/mol. The van der Waals surface area contributed by atoms with Gasteiger partial charge in [0.2, 0.25) is 0 Å². The first-order valence-corrected chi connectivity index (χ1v) is 8.47. The molecule has 1 fully saturated rings. The highest BCUT2D eigenvalue weighted by Gasteiger charge is 2.33. The van der Waals surface area contributed by atoms with Crippen molar-refractivity contribution in [2.45, 2.75) is 19.0 Å². The van der Waals surface area contributed by atoms with Gasteiger partial charge in [0, 0.05) is 24.1 Å². The van der Waals surface area contributed by atoms with Crippen molar-refractivity contribution in [3.8, 4) is 0 Å². The molecule has 10 heteroatoms. The lowest BCUT2D eigenvalue weighted by molar-refractivity contribution is -0.139. The SMILES string of the molecule is O=C(O)CN(Cc1nnsc1Cl)C1CCS(=O)(=O)C1. The van der Waals surface area contributed by atoms with Crippen LogP contribution >= 0.6 is 23.1 Å². The minimum Gasteiger partial charge on any atom is -0.480 e. The number of hydrogen-bond donors (Lipinski definition) is 1. The lowest BCUT2D eigenvalue weighted by Gasteiger charge is -2.25. The van der Waals surface area contributed by atoms with Crippen LogP contribution in [0, 0.1) is 0 Å². The summed E-state index contributed by atoms with van der Waals surface area (Å²) in [7, 11) is -3.07. The third-order valence-corrected chi connectivity index (χ3v) is 5.66. The number of aromatic nitrogens is 2. The molecule has 0 aromatic carbocycles. The highest BCUT2D eigenvalue weighted by Crippen LogP contribution is 2.23. The summed E-state index contributed by atoms with van der Waals surface area (Å²) in [6.45, 7) is -0.0458. The van der Waals surface area contributed by atoms with E-state index < -0.39 is 15.8 Å². The molecule has 1 unspecified atom stereocenters. The lowest BCUT2D eigenvalue weighted by atomic mass is 10.2. The smallest absolute Gasteiger partial charge is 0.317 e. The van der Waals surface area contributed by atoms with Gasteiger partial charge in [-0.2, -0.15) is 0 Å². The Bertz CT molecular complexity index is 574. The predicted molar refractivity (Wildman–Crippen MR) is 70.0 cm³/mol. The number of aliphatic carboxylic acids is 1. The van der Waals surface area contributed by atoms with Crippen LogP contribution < -0.4 is 0 Å². The fraction of sp³-hybridized carbons (Fsp3) is 0.667. The van der Waals surface area contributed by atoms with E-state index in [2.05, 4.69) is 9.59 Å². The van der Waals surface area contributed by atoms with Gasteiger partial charge >= 0.3 is 5.97 Å². The average Bonchev–Trinajstić information content (AvgIpc) is 2.84. The lowest BCUT2D eigenvalue weighted by Crippen LogP contribution is -2.39. The van der Waals surface area contributed by atoms with E-state index in [1.165, 1.54) is 0 Å². The van der Waals surface area contributed by atoms with Gasteiger partial charge in [-0.05, 0) is 6.42 Å². The Morgan fingerprint density at radius 1 is 1.58 bits per heavy atom. The summed E-state index contributed by atoms with van der Waals surface area (Å²) in [4.78, 5) is 12.5. The molecule has 1 atom stereocenters. The molecule has 106 valence electrons. The molecule has 1 N–H and O–H groups in total. The minimum atomic E-state index is -3.07. The van der Waals surface area contributed by atoms with E-state index in [4.69, 9.17) is 16.7 Å². The predicted octanol–water partition coefficient (Wildman–Crippen LogP) is 0.265. The zero-order valence-electron chi connectivity index (χ0n) is 9.82. The number of rotatable bonds is 5. The molecule has 7 nitrogen and oxygen atoms in total. The van der Waals surface area contributed by atoms with Crippen molar-refractivity contribution in [3.63, 3.8) is 0 Å². The van der Waals surface area contributed by atoms with Gasteiger partial charge in [-0.25, -0.2) is 8.42 Å². The van der Waals surface area contributed by atoms with Crippen LogP contribution in [0.15, 0.2) is 0 Å². The summed E-state index contributed by atoms with van der Waals surface area (Å²) in [6, 6.07) is -0.307. The highest BCUT2D eigenvalue weighted by atomic mass is 35.5. The van der Waals surface area contributed by atoms with Crippen LogP contribution in [0.5, 0.6) is 0 Å². The summed E-state index contributed by atoms with van der Waals surface area (Å²) in [5.74, 6) is -0.935. The molecule has 1 saturated heterocycles. The number of nitrogens with zero attached hydrogens (tertiary/aromatic N) is 3. The Balaban J connectivity index is 2.12. The first-order valence-electron chi connectivity index (χ1n) is 5.50. The molecule has 1 aliphatic heterocycles. The van der Waals surface area contributed by atoms with Gasteiger partial charge in [-0.15, -0.1) is 5.10 Å². The summed E-state index contributed by atoms with van der Waals surface area (Å²) in [5, 5.41) is 12.7. The van der Waals surface area contributed by atoms with Crippen LogP contribution in [0.4, 0.5) is 0 Å². The molecule has 0 aliphatic carbocycles. The number of halogens is 1. The second kappa shape index (κ2) is 5.70. The molecule has 1 aromatic heterocycles. The van der Waals surface area contributed by atoms with Gasteiger partial charge in [0.1, 0.15) is 10.0 Å². The Labute approximate surface area is 119 Å². The first-order chi connectivity index (χ1) is 8.87. The van der Waals surface area contributed by atoms with Crippen LogP contribution in [0.25, 0.3) is 0 Å². The van der Waals surface area contributed by atoms with Crippen LogP contribution in [0.3, 0.4) is 0 Å². The van der Waals surface area contributed by atoms with Crippen molar-refractivity contribution in [2.24, 2.45) is 0 Å². The molecular weight excluding hydrogens is 314 g/mol. The Hall–Kier alpha value is -0.770. The Morgan fingerprint density at radius 2 is 2.32 bits per heavy atom. The molecule has 0 radical (unpaired) electrons. The topological polar surface area (TPSA) is 100 Å². The van der Waals surface area contributed by atoms with E-state index >= 15 is 0 Å². The quantitative estimate of drug-likeness (QED) is 0.829. The van der Waals surface area contributed by atoms with Crippen molar-refractivity contribution in [3.05, 3.63) is 10.0 Å². The molecule has 19 heavy (non-hydrogen) atoms. The monoisotopic (exact) mass is 325 g/mol. The molecule has 1 aromatic rings. The molecule has 0 saturated carbocycles. The number of sulfone groups is 1. The zero-order valence-corrected chi connectivity index (χ0v) is 12.2. The van der Waals surface area contributed by atoms with Crippen LogP contribution in [-0.4, -0.2) is 58.1 Å². The number of carboxylic acid groups (broad SMARTS) is 1. The summed E-state index contributed by atoms with van der Waals surface area (Å²) >= 11 is 6.90. The van der Waals surface area contributed by atoms with Crippen molar-refractivity contribution in [2.75, 3.05) is 18.1 Å². The number of carboxylic acids is 1. The largest absolute Gasteiger partial charge is 0.480 e. The minimum absolute atomic E-state index is 0.0184. The third-order valence-electron chi connectivity index (χ3n) is 2.93. The van der Waals surface area contributed by atoms with Gasteiger partial charge in [0.25, 0.3) is 0 Å². The maximum absolute atomic E-state index is 11.5. The normalized spacial score (nSPS) is 21.9. The molecule has 0 amide bonds. The zero-order chi connectivity index (χ0) is 14.0. The van der Waals surface area contributed by atoms with E-state index in [0.717, 1.165) is 11.5 Å². The van der Waals surface area contributed by atoms with Crippen LogP contribution in [0.1, 0.15) is 12.1 Å². The van der Waals surface area contributed by atoms with E-state index in [9.17, 15) is 13.2 Å².